The van der Waals surface area contributed by atoms with E-state index >= 15 is 0 Å². The molecule has 0 spiro atoms. The molecule has 0 bridgehead atoms. The Balaban J connectivity index is 1.33. The molecule has 0 N–H and O–H groups in total. The van der Waals surface area contributed by atoms with Gasteiger partial charge < -0.3 is 14.2 Å². The summed E-state index contributed by atoms with van der Waals surface area (Å²) in [6.07, 6.45) is 16.9. The molecule has 2 aromatic carbocycles. The smallest absolute Gasteiger partial charge is 0.183 e. The fourth-order valence-corrected chi connectivity index (χ4v) is 4.90. The van der Waals surface area contributed by atoms with Crippen LogP contribution in [0.4, 0.5) is 0 Å². The molecular weight excluding hydrogens is 456 g/mol. The lowest BCUT2D eigenvalue weighted by Crippen LogP contribution is -2.27. The van der Waals surface area contributed by atoms with E-state index in [1.165, 1.54) is 75.3 Å². The average molecular weight is 507 g/mol. The summed E-state index contributed by atoms with van der Waals surface area (Å²) < 4.78 is 18.1. The van der Waals surface area contributed by atoms with Crippen molar-refractivity contribution in [2.24, 2.45) is 11.8 Å². The molecule has 3 rings (SSSR count). The van der Waals surface area contributed by atoms with Gasteiger partial charge in [0.05, 0.1) is 19.8 Å². The van der Waals surface area contributed by atoms with Gasteiger partial charge in [0, 0.05) is 11.5 Å². The van der Waals surface area contributed by atoms with Gasteiger partial charge in [-0.15, -0.1) is 6.58 Å². The third-order valence-electron chi connectivity index (χ3n) is 7.66. The molecule has 1 saturated heterocycles. The zero-order chi connectivity index (χ0) is 26.1. The Labute approximate surface area is 226 Å². The number of rotatable bonds is 18. The topological polar surface area (TPSA) is 27.7 Å². The number of unbranched alkanes of at least 4 members (excludes halogenated alkanes) is 7. The highest BCUT2D eigenvalue weighted by molar-refractivity contribution is 5.64. The molecule has 204 valence electrons. The van der Waals surface area contributed by atoms with Crippen LogP contribution >= 0.6 is 0 Å². The molecule has 0 aromatic heterocycles. The molecule has 1 aliphatic heterocycles. The molecule has 1 atom stereocenters. The first-order valence-corrected chi connectivity index (χ1v) is 14.9. The van der Waals surface area contributed by atoms with Gasteiger partial charge in [0.25, 0.3) is 0 Å². The van der Waals surface area contributed by atoms with E-state index in [0.717, 1.165) is 49.9 Å². The van der Waals surface area contributed by atoms with Crippen molar-refractivity contribution in [3.63, 3.8) is 0 Å². The largest absolute Gasteiger partial charge is 0.494 e. The first kappa shape index (κ1) is 29.5. The van der Waals surface area contributed by atoms with Crippen LogP contribution in [0.3, 0.4) is 0 Å². The lowest BCUT2D eigenvalue weighted by atomic mass is 10.0. The number of ether oxygens (including phenoxy) is 3. The van der Waals surface area contributed by atoms with Gasteiger partial charge in [-0.05, 0) is 54.9 Å². The Morgan fingerprint density at radius 2 is 1.46 bits per heavy atom. The Morgan fingerprint density at radius 1 is 0.838 bits per heavy atom. The van der Waals surface area contributed by atoms with Crippen molar-refractivity contribution in [2.75, 3.05) is 19.8 Å². The highest BCUT2D eigenvalue weighted by Crippen LogP contribution is 2.30. The van der Waals surface area contributed by atoms with Crippen LogP contribution in [-0.2, 0) is 9.47 Å². The quantitative estimate of drug-likeness (QED) is 0.149. The second-order valence-electron chi connectivity index (χ2n) is 10.9. The first-order valence-electron chi connectivity index (χ1n) is 14.9. The minimum Gasteiger partial charge on any atom is -0.494 e. The van der Waals surface area contributed by atoms with Gasteiger partial charge in [-0.3, -0.25) is 0 Å². The minimum absolute atomic E-state index is 0.245. The van der Waals surface area contributed by atoms with Gasteiger partial charge in [-0.2, -0.15) is 0 Å². The number of benzene rings is 2. The fraction of sp³-hybridized carbons (Fsp3) is 0.588. The molecule has 3 nitrogen and oxygen atoms in total. The molecule has 0 amide bonds. The SMILES string of the molecule is C=CCCCCCCCC1COC(c2ccc(-c3ccc(OCCCCCC(C)CC)cc3)cc2)OC1. The maximum absolute atomic E-state index is 6.08. The van der Waals surface area contributed by atoms with Gasteiger partial charge in [-0.1, -0.05) is 108 Å². The van der Waals surface area contributed by atoms with E-state index in [1.54, 1.807) is 0 Å². The number of hydrogen-bond acceptors (Lipinski definition) is 3. The van der Waals surface area contributed by atoms with Crippen LogP contribution in [0.5, 0.6) is 5.75 Å². The van der Waals surface area contributed by atoms with Crippen LogP contribution in [0.15, 0.2) is 61.2 Å². The zero-order valence-corrected chi connectivity index (χ0v) is 23.5. The van der Waals surface area contributed by atoms with Gasteiger partial charge in [-0.25, -0.2) is 0 Å². The van der Waals surface area contributed by atoms with Crippen LogP contribution in [-0.4, -0.2) is 19.8 Å². The molecule has 1 unspecified atom stereocenters. The fourth-order valence-electron chi connectivity index (χ4n) is 4.90. The van der Waals surface area contributed by atoms with Crippen molar-refractivity contribution in [2.45, 2.75) is 97.2 Å². The van der Waals surface area contributed by atoms with Crippen molar-refractivity contribution in [3.8, 4) is 16.9 Å². The lowest BCUT2D eigenvalue weighted by molar-refractivity contribution is -0.206. The van der Waals surface area contributed by atoms with E-state index in [0.29, 0.717) is 5.92 Å². The summed E-state index contributed by atoms with van der Waals surface area (Å²) in [4.78, 5) is 0. The molecule has 1 heterocycles. The normalized spacial score (nSPS) is 18.4. The summed E-state index contributed by atoms with van der Waals surface area (Å²) in [5, 5.41) is 0. The monoisotopic (exact) mass is 506 g/mol. The van der Waals surface area contributed by atoms with Crippen LogP contribution in [0.25, 0.3) is 11.1 Å². The van der Waals surface area contributed by atoms with Crippen LogP contribution in [0.2, 0.25) is 0 Å². The van der Waals surface area contributed by atoms with Crippen molar-refractivity contribution in [3.05, 3.63) is 66.7 Å². The van der Waals surface area contributed by atoms with E-state index in [9.17, 15) is 0 Å². The van der Waals surface area contributed by atoms with Crippen molar-refractivity contribution in [1.29, 1.82) is 0 Å². The Kier molecular flexibility index (Phi) is 13.9. The molecule has 0 saturated carbocycles. The van der Waals surface area contributed by atoms with Gasteiger partial charge in [0.1, 0.15) is 5.75 Å². The number of hydrogen-bond donors (Lipinski definition) is 0. The molecule has 1 fully saturated rings. The Morgan fingerprint density at radius 3 is 2.14 bits per heavy atom. The molecule has 0 radical (unpaired) electrons. The molecule has 37 heavy (non-hydrogen) atoms. The van der Waals surface area contributed by atoms with Crippen LogP contribution in [0, 0.1) is 11.8 Å². The third-order valence-corrected chi connectivity index (χ3v) is 7.66. The molecule has 0 aliphatic carbocycles. The van der Waals surface area contributed by atoms with Crippen molar-refractivity contribution >= 4 is 0 Å². The number of allylic oxidation sites excluding steroid dienone is 1. The summed E-state index contributed by atoms with van der Waals surface area (Å²) >= 11 is 0. The van der Waals surface area contributed by atoms with E-state index in [-0.39, 0.29) is 6.29 Å². The van der Waals surface area contributed by atoms with E-state index in [4.69, 9.17) is 14.2 Å². The van der Waals surface area contributed by atoms with Crippen LogP contribution < -0.4 is 4.74 Å². The van der Waals surface area contributed by atoms with E-state index < -0.39 is 0 Å². The third kappa shape index (κ3) is 11.0. The van der Waals surface area contributed by atoms with Gasteiger partial charge in [0.15, 0.2) is 6.29 Å². The van der Waals surface area contributed by atoms with E-state index in [1.807, 2.05) is 6.08 Å². The Bertz CT molecular complexity index is 850. The highest BCUT2D eigenvalue weighted by Gasteiger charge is 2.23. The van der Waals surface area contributed by atoms with Gasteiger partial charge >= 0.3 is 0 Å². The summed E-state index contributed by atoms with van der Waals surface area (Å²) in [5.41, 5.74) is 3.49. The summed E-state index contributed by atoms with van der Waals surface area (Å²) in [5.74, 6) is 2.32. The molecule has 2 aromatic rings. The van der Waals surface area contributed by atoms with Crippen molar-refractivity contribution in [1.82, 2.24) is 0 Å². The second-order valence-corrected chi connectivity index (χ2v) is 10.9. The second kappa shape index (κ2) is 17.4. The maximum atomic E-state index is 6.08. The standard InChI is InChI=1S/C34H50O3/c1-4-6-7-8-9-10-13-16-29-26-36-34(37-27-29)32-19-17-30(18-20-32)31-21-23-33(24-22-31)35-25-14-11-12-15-28(3)5-2/h4,17-24,28-29,34H,1,5-16,25-27H2,2-3H3. The van der Waals surface area contributed by atoms with Crippen molar-refractivity contribution < 1.29 is 14.2 Å². The minimum atomic E-state index is -0.245. The molecule has 3 heteroatoms. The highest BCUT2D eigenvalue weighted by atomic mass is 16.7. The van der Waals surface area contributed by atoms with E-state index in [2.05, 4.69) is 69.0 Å². The first-order chi connectivity index (χ1) is 18.2. The Hall–Kier alpha value is -2.10. The predicted molar refractivity (Wildman–Crippen MR) is 156 cm³/mol. The lowest BCUT2D eigenvalue weighted by Gasteiger charge is -2.29. The summed E-state index contributed by atoms with van der Waals surface area (Å²) in [7, 11) is 0. The maximum Gasteiger partial charge on any atom is 0.183 e. The molecule has 1 aliphatic rings. The zero-order valence-electron chi connectivity index (χ0n) is 23.5. The van der Waals surface area contributed by atoms with Gasteiger partial charge in [0.2, 0.25) is 0 Å². The summed E-state index contributed by atoms with van der Waals surface area (Å²) in [6.45, 7) is 10.8. The summed E-state index contributed by atoms with van der Waals surface area (Å²) in [6, 6.07) is 17.0. The average Bonchev–Trinajstić information content (AvgIpc) is 2.95. The molecular formula is C34H50O3. The predicted octanol–water partition coefficient (Wildman–Crippen LogP) is 9.92. The van der Waals surface area contributed by atoms with Crippen LogP contribution in [0.1, 0.15) is 103 Å².